The van der Waals surface area contributed by atoms with E-state index in [2.05, 4.69) is 59.6 Å². The fourth-order valence-corrected chi connectivity index (χ4v) is 5.49. The Morgan fingerprint density at radius 1 is 0.548 bits per heavy atom. The molecule has 0 radical (unpaired) electrons. The first-order valence-corrected chi connectivity index (χ1v) is 14.4. The number of rotatable bonds is 0. The molecule has 0 saturated carbocycles. The second-order valence-electron chi connectivity index (χ2n) is 8.89. The molecule has 0 aromatic heterocycles. The summed E-state index contributed by atoms with van der Waals surface area (Å²) in [6.07, 6.45) is 0. The number of thioether (sulfide) groups is 1. The first-order chi connectivity index (χ1) is 14.7. The minimum Gasteiger partial charge on any atom is -0.379 e. The van der Waals surface area contributed by atoms with Gasteiger partial charge in [-0.05, 0) is 35.2 Å². The zero-order valence-electron chi connectivity index (χ0n) is 20.6. The number of sulfone groups is 1. The van der Waals surface area contributed by atoms with Gasteiger partial charge in [0.2, 0.25) is 0 Å². The summed E-state index contributed by atoms with van der Waals surface area (Å²) in [7, 11) is 7.92. The Morgan fingerprint density at radius 2 is 0.903 bits per heavy atom. The third kappa shape index (κ3) is 16.3. The molecule has 4 saturated heterocycles. The van der Waals surface area contributed by atoms with Crippen LogP contribution in [0.3, 0.4) is 0 Å². The molecule has 4 fully saturated rings. The molecule has 31 heavy (non-hydrogen) atoms. The van der Waals surface area contributed by atoms with Crippen molar-refractivity contribution in [1.82, 2.24) is 24.5 Å². The maximum atomic E-state index is 10.8. The quantitative estimate of drug-likeness (QED) is 0.469. The van der Waals surface area contributed by atoms with Crippen LogP contribution in [0, 0.1) is 0 Å². The number of morpholine rings is 1. The Bertz CT molecular complexity index is 493. The molecule has 0 N–H and O–H groups in total. The third-order valence-corrected chi connectivity index (χ3v) is 8.32. The summed E-state index contributed by atoms with van der Waals surface area (Å²) in [6, 6.07) is 0. The molecule has 4 aliphatic rings. The maximum absolute atomic E-state index is 10.8. The van der Waals surface area contributed by atoms with Gasteiger partial charge in [-0.15, -0.1) is 0 Å². The van der Waals surface area contributed by atoms with Crippen molar-refractivity contribution in [2.75, 3.05) is 137 Å². The number of piperazine rings is 1. The molecule has 4 heterocycles. The van der Waals surface area contributed by atoms with Crippen LogP contribution >= 0.6 is 11.8 Å². The van der Waals surface area contributed by atoms with Gasteiger partial charge in [-0.3, -0.25) is 0 Å². The lowest BCUT2D eigenvalue weighted by Crippen LogP contribution is -2.42. The van der Waals surface area contributed by atoms with Gasteiger partial charge in [-0.1, -0.05) is 0 Å². The molecule has 0 spiro atoms. The Hall–Kier alpha value is 0.0600. The number of likely N-dealkylation sites (N-methyl/N-ethyl adjacent to an activating group) is 3. The minimum absolute atomic E-state index is 0.337. The first-order valence-electron chi connectivity index (χ1n) is 11.5. The number of ether oxygens (including phenoxy) is 1. The normalized spacial score (nSPS) is 26.4. The van der Waals surface area contributed by atoms with E-state index in [9.17, 15) is 8.42 Å². The molecule has 0 unspecified atom stereocenters. The highest BCUT2D eigenvalue weighted by Gasteiger charge is 2.18. The molecular weight excluding hydrogens is 434 g/mol. The lowest BCUT2D eigenvalue weighted by atomic mass is 10.4. The summed E-state index contributed by atoms with van der Waals surface area (Å²) in [4.78, 5) is 11.4. The van der Waals surface area contributed by atoms with Crippen LogP contribution in [-0.4, -0.2) is 170 Å². The van der Waals surface area contributed by atoms with Crippen LogP contribution in [0.5, 0.6) is 0 Å². The first kappa shape index (κ1) is 29.1. The fraction of sp³-hybridized carbons (Fsp3) is 1.00. The fourth-order valence-electron chi connectivity index (χ4n) is 3.02. The van der Waals surface area contributed by atoms with Crippen LogP contribution in [0.15, 0.2) is 0 Å². The Labute approximate surface area is 196 Å². The van der Waals surface area contributed by atoms with E-state index in [0.717, 1.165) is 26.3 Å². The van der Waals surface area contributed by atoms with Crippen molar-refractivity contribution in [3.05, 3.63) is 0 Å². The van der Waals surface area contributed by atoms with Crippen molar-refractivity contribution < 1.29 is 13.2 Å². The monoisotopic (exact) mass is 481 g/mol. The van der Waals surface area contributed by atoms with E-state index in [4.69, 9.17) is 4.74 Å². The van der Waals surface area contributed by atoms with Crippen LogP contribution in [0.25, 0.3) is 0 Å². The van der Waals surface area contributed by atoms with Gasteiger partial charge in [-0.25, -0.2) is 8.42 Å². The Kier molecular flexibility index (Phi) is 15.6. The van der Waals surface area contributed by atoms with Crippen LogP contribution in [0.1, 0.15) is 0 Å². The highest BCUT2D eigenvalue weighted by molar-refractivity contribution is 7.99. The van der Waals surface area contributed by atoms with Gasteiger partial charge >= 0.3 is 0 Å². The topological polar surface area (TPSA) is 59.6 Å². The van der Waals surface area contributed by atoms with Gasteiger partial charge in [0.25, 0.3) is 0 Å². The number of nitrogens with zero attached hydrogens (tertiary/aromatic N) is 5. The summed E-state index contributed by atoms with van der Waals surface area (Å²) in [6.45, 7) is 12.9. The van der Waals surface area contributed by atoms with Crippen LogP contribution in [0.4, 0.5) is 0 Å². The standard InChI is InChI=1S/C6H14N2.C5H11NO2S.C5H11NO.C5H11NS/c1-7-3-5-8(2)6-4-7;1-6-2-4-9(7,8)5-3-6;2*1-6-2-4-7-5-3-6/h3-6H2,1-2H3;2-5H2,1H3;2*2-5H2,1H3. The van der Waals surface area contributed by atoms with Gasteiger partial charge < -0.3 is 29.2 Å². The molecule has 0 bridgehead atoms. The molecule has 0 aromatic rings. The number of hydrogen-bond acceptors (Lipinski definition) is 9. The zero-order valence-corrected chi connectivity index (χ0v) is 22.2. The molecule has 0 aromatic carbocycles. The Morgan fingerprint density at radius 3 is 1.19 bits per heavy atom. The van der Waals surface area contributed by atoms with Crippen molar-refractivity contribution in [1.29, 1.82) is 0 Å². The van der Waals surface area contributed by atoms with Crippen molar-refractivity contribution >= 4 is 21.6 Å². The van der Waals surface area contributed by atoms with Gasteiger partial charge in [0.1, 0.15) is 0 Å². The van der Waals surface area contributed by atoms with Crippen molar-refractivity contribution in [3.8, 4) is 0 Å². The summed E-state index contributed by atoms with van der Waals surface area (Å²) in [5.74, 6) is 3.33. The molecule has 4 aliphatic heterocycles. The molecule has 4 rings (SSSR count). The molecule has 10 heteroatoms. The van der Waals surface area contributed by atoms with Gasteiger partial charge in [0, 0.05) is 77.0 Å². The highest BCUT2D eigenvalue weighted by atomic mass is 32.2. The molecule has 186 valence electrons. The summed E-state index contributed by atoms with van der Waals surface area (Å²) < 4.78 is 26.6. The predicted octanol–water partition coefficient (Wildman–Crippen LogP) is -0.176. The van der Waals surface area contributed by atoms with E-state index in [1.54, 1.807) is 0 Å². The minimum atomic E-state index is -2.66. The van der Waals surface area contributed by atoms with E-state index >= 15 is 0 Å². The molecular formula is C21H47N5O3S2. The Balaban J connectivity index is 0.000000208. The van der Waals surface area contributed by atoms with Gasteiger partial charge in [0.15, 0.2) is 9.84 Å². The van der Waals surface area contributed by atoms with E-state index in [0.29, 0.717) is 24.6 Å². The largest absolute Gasteiger partial charge is 0.379 e. The molecule has 0 atom stereocenters. The van der Waals surface area contributed by atoms with E-state index < -0.39 is 9.84 Å². The van der Waals surface area contributed by atoms with Crippen molar-refractivity contribution in [2.24, 2.45) is 0 Å². The molecule has 0 aliphatic carbocycles. The second kappa shape index (κ2) is 16.6. The average molecular weight is 482 g/mol. The summed E-state index contributed by atoms with van der Waals surface area (Å²) in [5.41, 5.74) is 0. The zero-order chi connectivity index (χ0) is 23.1. The summed E-state index contributed by atoms with van der Waals surface area (Å²) >= 11 is 2.06. The summed E-state index contributed by atoms with van der Waals surface area (Å²) in [5, 5.41) is 0. The van der Waals surface area contributed by atoms with Crippen LogP contribution in [-0.2, 0) is 14.6 Å². The molecule has 8 nitrogen and oxygen atoms in total. The van der Waals surface area contributed by atoms with E-state index in [1.807, 2.05) is 11.9 Å². The smallest absolute Gasteiger partial charge is 0.152 e. The van der Waals surface area contributed by atoms with Gasteiger partial charge in [-0.2, -0.15) is 11.8 Å². The third-order valence-electron chi connectivity index (χ3n) is 5.76. The van der Waals surface area contributed by atoms with E-state index in [1.165, 1.54) is 50.8 Å². The van der Waals surface area contributed by atoms with Crippen molar-refractivity contribution in [2.45, 2.75) is 0 Å². The lowest BCUT2D eigenvalue weighted by Gasteiger charge is -2.28. The second-order valence-corrected chi connectivity index (χ2v) is 12.4. The predicted molar refractivity (Wildman–Crippen MR) is 134 cm³/mol. The SMILES string of the molecule is CN1CCN(C)CC1.CN1CCOCC1.CN1CCS(=O)(=O)CC1.CN1CCSCC1. The van der Waals surface area contributed by atoms with Crippen LogP contribution < -0.4 is 0 Å². The number of hydrogen-bond donors (Lipinski definition) is 0. The lowest BCUT2D eigenvalue weighted by molar-refractivity contribution is 0.0503. The molecule has 0 amide bonds. The van der Waals surface area contributed by atoms with Crippen LogP contribution in [0.2, 0.25) is 0 Å². The average Bonchev–Trinajstić information content (AvgIpc) is 2.75. The van der Waals surface area contributed by atoms with Crippen molar-refractivity contribution in [3.63, 3.8) is 0 Å². The van der Waals surface area contributed by atoms with Gasteiger partial charge in [0.05, 0.1) is 24.7 Å². The van der Waals surface area contributed by atoms with E-state index in [-0.39, 0.29) is 0 Å². The highest BCUT2D eigenvalue weighted by Crippen LogP contribution is 2.05. The maximum Gasteiger partial charge on any atom is 0.152 e.